The topological polar surface area (TPSA) is 75.4 Å². The van der Waals surface area contributed by atoms with E-state index >= 15 is 0 Å². The second-order valence-corrected chi connectivity index (χ2v) is 6.67. The molecule has 6 heteroatoms. The number of carbonyl (C=O) groups is 2. The quantitative estimate of drug-likeness (QED) is 0.828. The van der Waals surface area contributed by atoms with Crippen molar-refractivity contribution in [3.63, 3.8) is 0 Å². The zero-order valence-electron chi connectivity index (χ0n) is 15.3. The predicted molar refractivity (Wildman–Crippen MR) is 108 cm³/mol. The summed E-state index contributed by atoms with van der Waals surface area (Å²) in [5.74, 6) is 0.0762. The van der Waals surface area contributed by atoms with Crippen LogP contribution in [0.5, 0.6) is 0 Å². The third-order valence-electron chi connectivity index (χ3n) is 4.90. The van der Waals surface area contributed by atoms with Gasteiger partial charge in [0.05, 0.1) is 0 Å². The highest BCUT2D eigenvalue weighted by molar-refractivity contribution is 5.94. The lowest BCUT2D eigenvalue weighted by atomic mass is 9.95. The van der Waals surface area contributed by atoms with Gasteiger partial charge in [-0.1, -0.05) is 42.5 Å². The van der Waals surface area contributed by atoms with E-state index in [9.17, 15) is 9.59 Å². The lowest BCUT2D eigenvalue weighted by molar-refractivity contribution is -0.126. The van der Waals surface area contributed by atoms with Crippen LogP contribution in [0, 0.1) is 5.92 Å². The standard InChI is InChI=1S/C21H25N3O2.ClH/c22-14-16-6-8-19(9-7-16)21(26)24-12-10-18(11-13-24)20(25)23-15-17-4-2-1-3-5-17;/h1-9,18H,10-15,22H2,(H,23,25);1H. The van der Waals surface area contributed by atoms with Crippen LogP contribution in [0.2, 0.25) is 0 Å². The SMILES string of the molecule is Cl.NCc1ccc(C(=O)N2CCC(C(=O)NCc3ccccc3)CC2)cc1. The van der Waals surface area contributed by atoms with E-state index in [1.165, 1.54) is 0 Å². The van der Waals surface area contributed by atoms with Gasteiger partial charge in [-0.25, -0.2) is 0 Å². The van der Waals surface area contributed by atoms with Crippen LogP contribution in [0.15, 0.2) is 54.6 Å². The largest absolute Gasteiger partial charge is 0.352 e. The van der Waals surface area contributed by atoms with Gasteiger partial charge in [-0.05, 0) is 36.1 Å². The van der Waals surface area contributed by atoms with Crippen LogP contribution in [-0.2, 0) is 17.9 Å². The molecule has 0 radical (unpaired) electrons. The molecule has 144 valence electrons. The summed E-state index contributed by atoms with van der Waals surface area (Å²) in [6.07, 6.45) is 1.40. The van der Waals surface area contributed by atoms with Crippen molar-refractivity contribution in [2.75, 3.05) is 13.1 Å². The van der Waals surface area contributed by atoms with Crippen molar-refractivity contribution in [2.24, 2.45) is 11.7 Å². The first-order valence-corrected chi connectivity index (χ1v) is 9.07. The van der Waals surface area contributed by atoms with Gasteiger partial charge in [0.25, 0.3) is 5.91 Å². The molecule has 1 saturated heterocycles. The van der Waals surface area contributed by atoms with E-state index in [1.807, 2.05) is 59.5 Å². The lowest BCUT2D eigenvalue weighted by Crippen LogP contribution is -2.42. The number of hydrogen-bond acceptors (Lipinski definition) is 3. The second kappa shape index (κ2) is 10.1. The molecule has 5 nitrogen and oxygen atoms in total. The van der Waals surface area contributed by atoms with Gasteiger partial charge >= 0.3 is 0 Å². The predicted octanol–water partition coefficient (Wildman–Crippen LogP) is 2.74. The highest BCUT2D eigenvalue weighted by Crippen LogP contribution is 2.19. The Morgan fingerprint density at radius 2 is 1.59 bits per heavy atom. The minimum absolute atomic E-state index is 0. The minimum Gasteiger partial charge on any atom is -0.352 e. The van der Waals surface area contributed by atoms with Crippen molar-refractivity contribution in [3.05, 3.63) is 71.3 Å². The van der Waals surface area contributed by atoms with Gasteiger partial charge in [0, 0.05) is 37.7 Å². The summed E-state index contributed by atoms with van der Waals surface area (Å²) < 4.78 is 0. The molecule has 0 aliphatic carbocycles. The normalized spacial score (nSPS) is 14.3. The highest BCUT2D eigenvalue weighted by atomic mass is 35.5. The number of amides is 2. The molecule has 2 amide bonds. The summed E-state index contributed by atoms with van der Waals surface area (Å²) >= 11 is 0. The van der Waals surface area contributed by atoms with Crippen molar-refractivity contribution < 1.29 is 9.59 Å². The molecule has 3 N–H and O–H groups in total. The van der Waals surface area contributed by atoms with Crippen LogP contribution in [0.4, 0.5) is 0 Å². The van der Waals surface area contributed by atoms with Crippen molar-refractivity contribution >= 4 is 24.2 Å². The molecule has 1 aliphatic rings. The molecular weight excluding hydrogens is 362 g/mol. The van der Waals surface area contributed by atoms with Gasteiger partial charge in [0.2, 0.25) is 5.91 Å². The molecule has 27 heavy (non-hydrogen) atoms. The molecule has 0 spiro atoms. The van der Waals surface area contributed by atoms with E-state index in [4.69, 9.17) is 5.73 Å². The molecule has 0 saturated carbocycles. The fraction of sp³-hybridized carbons (Fsp3) is 0.333. The number of hydrogen-bond donors (Lipinski definition) is 2. The Balaban J connectivity index is 0.00000261. The van der Waals surface area contributed by atoms with Gasteiger partial charge in [-0.2, -0.15) is 0 Å². The summed E-state index contributed by atoms with van der Waals surface area (Å²) in [5, 5.41) is 3.00. The molecule has 0 unspecified atom stereocenters. The van der Waals surface area contributed by atoms with Crippen molar-refractivity contribution in [1.29, 1.82) is 0 Å². The molecular formula is C21H26ClN3O2. The van der Waals surface area contributed by atoms with E-state index in [2.05, 4.69) is 5.32 Å². The Labute approximate surface area is 166 Å². The molecule has 0 atom stereocenters. The van der Waals surface area contributed by atoms with Gasteiger partial charge in [0.15, 0.2) is 0 Å². The number of likely N-dealkylation sites (tertiary alicyclic amines) is 1. The Kier molecular flexibility index (Phi) is 7.82. The smallest absolute Gasteiger partial charge is 0.253 e. The van der Waals surface area contributed by atoms with Crippen molar-refractivity contribution in [3.8, 4) is 0 Å². The molecule has 1 fully saturated rings. The van der Waals surface area contributed by atoms with Gasteiger partial charge in [0.1, 0.15) is 0 Å². The van der Waals surface area contributed by atoms with Gasteiger partial charge in [-0.15, -0.1) is 12.4 Å². The average molecular weight is 388 g/mol. The molecule has 2 aromatic rings. The molecule has 0 bridgehead atoms. The maximum atomic E-state index is 12.6. The Hall–Kier alpha value is -2.37. The monoisotopic (exact) mass is 387 g/mol. The number of nitrogens with two attached hydrogens (primary N) is 1. The first kappa shape index (κ1) is 20.9. The summed E-state index contributed by atoms with van der Waals surface area (Å²) in [6, 6.07) is 17.3. The number of halogens is 1. The third kappa shape index (κ3) is 5.55. The van der Waals surface area contributed by atoms with Gasteiger partial charge < -0.3 is 16.0 Å². The third-order valence-corrected chi connectivity index (χ3v) is 4.90. The molecule has 1 aliphatic heterocycles. The zero-order chi connectivity index (χ0) is 18.4. The first-order chi connectivity index (χ1) is 12.7. The average Bonchev–Trinajstić information content (AvgIpc) is 2.72. The number of nitrogens with one attached hydrogen (secondary N) is 1. The highest BCUT2D eigenvalue weighted by Gasteiger charge is 2.27. The number of rotatable bonds is 5. The number of piperidine rings is 1. The summed E-state index contributed by atoms with van der Waals surface area (Å²) in [7, 11) is 0. The summed E-state index contributed by atoms with van der Waals surface area (Å²) in [6.45, 7) is 2.24. The van der Waals surface area contributed by atoms with Crippen LogP contribution < -0.4 is 11.1 Å². The summed E-state index contributed by atoms with van der Waals surface area (Å²) in [5.41, 5.74) is 8.37. The molecule has 3 rings (SSSR count). The van der Waals surface area contributed by atoms with Crippen LogP contribution in [0.1, 0.15) is 34.3 Å². The van der Waals surface area contributed by atoms with Crippen molar-refractivity contribution in [1.82, 2.24) is 10.2 Å². The number of carbonyl (C=O) groups excluding carboxylic acids is 2. The Morgan fingerprint density at radius 3 is 2.19 bits per heavy atom. The first-order valence-electron chi connectivity index (χ1n) is 9.07. The maximum Gasteiger partial charge on any atom is 0.253 e. The van der Waals surface area contributed by atoms with Crippen molar-refractivity contribution in [2.45, 2.75) is 25.9 Å². The van der Waals surface area contributed by atoms with Crippen LogP contribution in [-0.4, -0.2) is 29.8 Å². The zero-order valence-corrected chi connectivity index (χ0v) is 16.1. The molecule has 2 aromatic carbocycles. The lowest BCUT2D eigenvalue weighted by Gasteiger charge is -2.31. The van der Waals surface area contributed by atoms with E-state index in [-0.39, 0.29) is 30.1 Å². The Bertz CT molecular complexity index is 742. The van der Waals surface area contributed by atoms with Crippen LogP contribution in [0.3, 0.4) is 0 Å². The van der Waals surface area contributed by atoms with Gasteiger partial charge in [-0.3, -0.25) is 9.59 Å². The van der Waals surface area contributed by atoms with Crippen LogP contribution in [0.25, 0.3) is 0 Å². The minimum atomic E-state index is -0.0256. The van der Waals surface area contributed by atoms with Crippen LogP contribution >= 0.6 is 12.4 Å². The number of benzene rings is 2. The van der Waals surface area contributed by atoms with E-state index in [0.717, 1.165) is 11.1 Å². The summed E-state index contributed by atoms with van der Waals surface area (Å²) in [4.78, 5) is 26.8. The second-order valence-electron chi connectivity index (χ2n) is 6.67. The fourth-order valence-electron chi connectivity index (χ4n) is 3.24. The maximum absolute atomic E-state index is 12.6. The molecule has 0 aromatic heterocycles. The Morgan fingerprint density at radius 1 is 0.963 bits per heavy atom. The fourth-order valence-corrected chi connectivity index (χ4v) is 3.24. The molecule has 1 heterocycles. The van der Waals surface area contributed by atoms with E-state index in [0.29, 0.717) is 44.6 Å². The van der Waals surface area contributed by atoms with E-state index in [1.54, 1.807) is 0 Å². The van der Waals surface area contributed by atoms with E-state index < -0.39 is 0 Å². The number of nitrogens with zero attached hydrogens (tertiary/aromatic N) is 1.